The van der Waals surface area contributed by atoms with Crippen molar-refractivity contribution in [2.45, 2.75) is 63.5 Å². The number of carbonyl (C=O) groups is 2. The fraction of sp³-hybridized carbons (Fsp3) is 0.467. The largest absolute Gasteiger partial charge is 0.493 e. The van der Waals surface area contributed by atoms with Gasteiger partial charge >= 0.3 is 0 Å². The Hall–Kier alpha value is -2.09. The van der Waals surface area contributed by atoms with Crippen LogP contribution >= 0.6 is 45.8 Å². The molecular formula is C30H35Cl2IN2O7. The van der Waals surface area contributed by atoms with E-state index < -0.39 is 24.2 Å². The first-order valence-corrected chi connectivity index (χ1v) is 15.7. The zero-order valence-corrected chi connectivity index (χ0v) is 26.9. The van der Waals surface area contributed by atoms with Crippen molar-refractivity contribution >= 4 is 57.6 Å². The molecule has 2 aromatic rings. The van der Waals surface area contributed by atoms with Crippen LogP contribution in [-0.4, -0.2) is 70.5 Å². The van der Waals surface area contributed by atoms with Crippen LogP contribution < -0.4 is 14.8 Å². The van der Waals surface area contributed by atoms with Crippen LogP contribution in [0.15, 0.2) is 42.0 Å². The second-order valence-electron chi connectivity index (χ2n) is 10.5. The minimum Gasteiger partial charge on any atom is -0.493 e. The summed E-state index contributed by atoms with van der Waals surface area (Å²) in [5.74, 6) is -0.0179. The van der Waals surface area contributed by atoms with Gasteiger partial charge in [-0.3, -0.25) is 9.59 Å². The Bertz CT molecular complexity index is 1320. The van der Waals surface area contributed by atoms with E-state index in [9.17, 15) is 24.9 Å². The Kier molecular flexibility index (Phi) is 11.8. The molecule has 0 spiro atoms. The van der Waals surface area contributed by atoms with Crippen molar-refractivity contribution in [3.05, 3.63) is 66.7 Å². The van der Waals surface area contributed by atoms with Crippen LogP contribution in [0.5, 0.6) is 11.5 Å². The summed E-state index contributed by atoms with van der Waals surface area (Å²) >= 11 is 14.5. The molecule has 1 saturated carbocycles. The van der Waals surface area contributed by atoms with Gasteiger partial charge in [-0.25, -0.2) is 0 Å². The molecule has 0 bridgehead atoms. The maximum absolute atomic E-state index is 14.0. The first kappa shape index (κ1) is 32.8. The smallest absolute Gasteiger partial charge is 0.247 e. The van der Waals surface area contributed by atoms with E-state index in [0.717, 1.165) is 31.2 Å². The number of aliphatic hydroxyl groups is 3. The average molecular weight is 733 g/mol. The van der Waals surface area contributed by atoms with Gasteiger partial charge in [-0.1, -0.05) is 42.1 Å². The molecule has 1 fully saturated rings. The van der Waals surface area contributed by atoms with Gasteiger partial charge in [0.15, 0.2) is 11.5 Å². The molecule has 0 radical (unpaired) electrons. The first-order chi connectivity index (χ1) is 20.2. The van der Waals surface area contributed by atoms with E-state index in [1.807, 2.05) is 0 Å². The molecule has 2 aromatic carbocycles. The molecule has 0 unspecified atom stereocenters. The third-order valence-electron chi connectivity index (χ3n) is 7.66. The summed E-state index contributed by atoms with van der Waals surface area (Å²) in [6.07, 6.45) is 2.83. The lowest BCUT2D eigenvalue weighted by Gasteiger charge is -2.41. The minimum atomic E-state index is -1.20. The summed E-state index contributed by atoms with van der Waals surface area (Å²) in [4.78, 5) is 28.8. The second-order valence-corrected chi connectivity index (χ2v) is 12.5. The van der Waals surface area contributed by atoms with Gasteiger partial charge in [-0.05, 0) is 76.9 Å². The number of methoxy groups -OCH3 is 1. The molecule has 2 amide bonds. The molecule has 4 rings (SSSR count). The van der Waals surface area contributed by atoms with Crippen molar-refractivity contribution in [3.8, 4) is 11.5 Å². The van der Waals surface area contributed by atoms with Gasteiger partial charge in [0.05, 0.1) is 40.0 Å². The Morgan fingerprint density at radius 2 is 1.83 bits per heavy atom. The number of carbonyl (C=O) groups excluding carboxylic acids is 2. The molecule has 2 aliphatic rings. The van der Waals surface area contributed by atoms with Crippen molar-refractivity contribution < 1.29 is 34.4 Å². The zero-order chi connectivity index (χ0) is 30.4. The fourth-order valence-electron chi connectivity index (χ4n) is 5.50. The SMILES string of the molecule is COc1cc(CO)cc(I)c1O[C@H]1C=C(C(=O)NCCO)C[C@@H](N(Cc2ccc(Cl)c(Cl)c2)C(=O)C2CCCC2)[C@@H]1O. The van der Waals surface area contributed by atoms with Crippen LogP contribution in [-0.2, 0) is 22.7 Å². The maximum Gasteiger partial charge on any atom is 0.247 e. The number of benzene rings is 2. The molecule has 4 N–H and O–H groups in total. The molecule has 42 heavy (non-hydrogen) atoms. The van der Waals surface area contributed by atoms with E-state index in [1.165, 1.54) is 7.11 Å². The van der Waals surface area contributed by atoms with Gasteiger partial charge in [0, 0.05) is 31.0 Å². The highest BCUT2D eigenvalue weighted by Gasteiger charge is 2.42. The van der Waals surface area contributed by atoms with Crippen LogP contribution in [0.4, 0.5) is 0 Å². The van der Waals surface area contributed by atoms with Crippen molar-refractivity contribution in [2.75, 3.05) is 20.3 Å². The topological polar surface area (TPSA) is 129 Å². The van der Waals surface area contributed by atoms with Crippen LogP contribution in [0.2, 0.25) is 10.0 Å². The number of halogens is 3. The van der Waals surface area contributed by atoms with E-state index >= 15 is 0 Å². The molecule has 228 valence electrons. The molecule has 0 heterocycles. The molecular weight excluding hydrogens is 698 g/mol. The van der Waals surface area contributed by atoms with Crippen LogP contribution in [0.1, 0.15) is 43.2 Å². The van der Waals surface area contributed by atoms with E-state index in [-0.39, 0.29) is 44.5 Å². The standard InChI is InChI=1S/C30H35Cl2IN2O7/c1-41-26-12-18(16-37)11-23(33)28(26)42-25-14-20(29(39)34-8-9-36)13-24(27(25)38)35(30(40)19-4-2-3-5-19)15-17-6-7-21(31)22(32)10-17/h6-7,10-12,14,19,24-25,27,36-38H,2-5,8-9,13,15-16H2,1H3,(H,34,39)/t24-,25+,27+/m1/s1. The summed E-state index contributed by atoms with van der Waals surface area (Å²) in [7, 11) is 1.47. The van der Waals surface area contributed by atoms with Crippen molar-refractivity contribution in [2.24, 2.45) is 5.92 Å². The first-order valence-electron chi connectivity index (χ1n) is 13.8. The van der Waals surface area contributed by atoms with Gasteiger partial charge < -0.3 is 35.0 Å². The molecule has 0 aromatic heterocycles. The van der Waals surface area contributed by atoms with Crippen molar-refractivity contribution in [1.29, 1.82) is 0 Å². The van der Waals surface area contributed by atoms with E-state index in [2.05, 4.69) is 27.9 Å². The van der Waals surface area contributed by atoms with Gasteiger partial charge in [0.1, 0.15) is 12.2 Å². The Morgan fingerprint density at radius 1 is 1.10 bits per heavy atom. The quantitative estimate of drug-likeness (QED) is 0.255. The fourth-order valence-corrected chi connectivity index (χ4v) is 6.61. The summed E-state index contributed by atoms with van der Waals surface area (Å²) < 4.78 is 12.5. The Balaban J connectivity index is 1.74. The molecule has 0 saturated heterocycles. The Morgan fingerprint density at radius 3 is 2.48 bits per heavy atom. The van der Waals surface area contributed by atoms with Crippen molar-refractivity contribution in [3.63, 3.8) is 0 Å². The normalized spacial score (nSPS) is 20.6. The lowest BCUT2D eigenvalue weighted by atomic mass is 9.87. The summed E-state index contributed by atoms with van der Waals surface area (Å²) in [6, 6.07) is 7.72. The van der Waals surface area contributed by atoms with E-state index in [4.69, 9.17) is 32.7 Å². The highest BCUT2D eigenvalue weighted by molar-refractivity contribution is 14.1. The predicted octanol–water partition coefficient (Wildman–Crippen LogP) is 4.23. The lowest BCUT2D eigenvalue weighted by molar-refractivity contribution is -0.143. The Labute approximate surface area is 268 Å². The monoisotopic (exact) mass is 732 g/mol. The summed E-state index contributed by atoms with van der Waals surface area (Å²) in [5.41, 5.74) is 1.68. The number of amides is 2. The number of rotatable bonds is 11. The minimum absolute atomic E-state index is 0.0528. The van der Waals surface area contributed by atoms with Crippen LogP contribution in [0, 0.1) is 9.49 Å². The van der Waals surface area contributed by atoms with Crippen LogP contribution in [0.3, 0.4) is 0 Å². The molecule has 2 aliphatic carbocycles. The number of aliphatic hydroxyl groups excluding tert-OH is 3. The van der Waals surface area contributed by atoms with Gasteiger partial charge in [0.25, 0.3) is 0 Å². The predicted molar refractivity (Wildman–Crippen MR) is 168 cm³/mol. The third-order valence-corrected chi connectivity index (χ3v) is 9.21. The molecule has 3 atom stereocenters. The second kappa shape index (κ2) is 15.1. The summed E-state index contributed by atoms with van der Waals surface area (Å²) in [5, 5.41) is 34.1. The molecule has 9 nitrogen and oxygen atoms in total. The molecule has 12 heteroatoms. The number of nitrogens with one attached hydrogen (secondary N) is 1. The number of ether oxygens (including phenoxy) is 2. The average Bonchev–Trinajstić information content (AvgIpc) is 3.53. The number of nitrogens with zero attached hydrogens (tertiary/aromatic N) is 1. The van der Waals surface area contributed by atoms with Gasteiger partial charge in [0.2, 0.25) is 11.8 Å². The third kappa shape index (κ3) is 7.70. The highest BCUT2D eigenvalue weighted by atomic mass is 127. The van der Waals surface area contributed by atoms with Gasteiger partial charge in [-0.15, -0.1) is 0 Å². The van der Waals surface area contributed by atoms with E-state index in [0.29, 0.717) is 36.3 Å². The van der Waals surface area contributed by atoms with Crippen LogP contribution in [0.25, 0.3) is 0 Å². The maximum atomic E-state index is 14.0. The van der Waals surface area contributed by atoms with Gasteiger partial charge in [-0.2, -0.15) is 0 Å². The van der Waals surface area contributed by atoms with E-state index in [1.54, 1.807) is 41.3 Å². The van der Waals surface area contributed by atoms with Crippen molar-refractivity contribution in [1.82, 2.24) is 10.2 Å². The number of hydrogen-bond acceptors (Lipinski definition) is 7. The number of hydrogen-bond donors (Lipinski definition) is 4. The summed E-state index contributed by atoms with van der Waals surface area (Å²) in [6.45, 7) is -0.223. The molecule has 0 aliphatic heterocycles. The lowest BCUT2D eigenvalue weighted by Crippen LogP contribution is -2.55. The highest BCUT2D eigenvalue weighted by Crippen LogP contribution is 2.38. The zero-order valence-electron chi connectivity index (χ0n) is 23.2.